The van der Waals surface area contributed by atoms with Gasteiger partial charge in [0.25, 0.3) is 5.91 Å². The fourth-order valence-corrected chi connectivity index (χ4v) is 2.46. The summed E-state index contributed by atoms with van der Waals surface area (Å²) in [5, 5.41) is 19.0. The summed E-state index contributed by atoms with van der Waals surface area (Å²) in [5.74, 6) is -0.0328. The maximum Gasteiger partial charge on any atom is 0.255 e. The minimum Gasteiger partial charge on any atom is -0.390 e. The Morgan fingerprint density at radius 1 is 1.47 bits per heavy atom. The minimum atomic E-state index is -0.774. The predicted octanol–water partition coefficient (Wildman–Crippen LogP) is 1.79. The number of benzene rings is 1. The quantitative estimate of drug-likeness (QED) is 0.879. The van der Waals surface area contributed by atoms with Crippen molar-refractivity contribution >= 4 is 5.91 Å². The van der Waals surface area contributed by atoms with Crippen LogP contribution in [-0.2, 0) is 0 Å². The first kappa shape index (κ1) is 13.6. The van der Waals surface area contributed by atoms with Crippen LogP contribution in [0.4, 0.5) is 0 Å². The van der Waals surface area contributed by atoms with Gasteiger partial charge in [0.2, 0.25) is 0 Å². The summed E-state index contributed by atoms with van der Waals surface area (Å²) in [6.45, 7) is 4.72. The van der Waals surface area contributed by atoms with E-state index in [4.69, 9.17) is 5.26 Å². The molecule has 0 spiro atoms. The molecule has 1 aromatic rings. The van der Waals surface area contributed by atoms with Crippen LogP contribution < -0.4 is 0 Å². The zero-order valence-electron chi connectivity index (χ0n) is 11.3. The van der Waals surface area contributed by atoms with Crippen molar-refractivity contribution in [3.63, 3.8) is 0 Å². The molecule has 1 N–H and O–H groups in total. The number of hydrogen-bond donors (Lipinski definition) is 1. The molecule has 1 fully saturated rings. The van der Waals surface area contributed by atoms with Crippen LogP contribution in [0.5, 0.6) is 0 Å². The highest BCUT2D eigenvalue weighted by Crippen LogP contribution is 2.28. The minimum absolute atomic E-state index is 0.0886. The second-order valence-corrected chi connectivity index (χ2v) is 5.55. The van der Waals surface area contributed by atoms with Gasteiger partial charge in [0, 0.05) is 19.0 Å². The SMILES string of the molecule is CC(C)(O)C1CCN(C(=O)c2ccccc2C#N)C1. The van der Waals surface area contributed by atoms with Crippen LogP contribution in [0.2, 0.25) is 0 Å². The van der Waals surface area contributed by atoms with Crippen molar-refractivity contribution in [2.75, 3.05) is 13.1 Å². The molecule has 2 rings (SSSR count). The number of nitriles is 1. The van der Waals surface area contributed by atoms with E-state index in [1.54, 1.807) is 43.0 Å². The van der Waals surface area contributed by atoms with E-state index >= 15 is 0 Å². The smallest absolute Gasteiger partial charge is 0.255 e. The number of carbonyl (C=O) groups excluding carboxylic acids is 1. The predicted molar refractivity (Wildman–Crippen MR) is 71.5 cm³/mol. The van der Waals surface area contributed by atoms with Crippen molar-refractivity contribution in [3.8, 4) is 6.07 Å². The van der Waals surface area contributed by atoms with Gasteiger partial charge >= 0.3 is 0 Å². The van der Waals surface area contributed by atoms with Gasteiger partial charge in [-0.15, -0.1) is 0 Å². The Balaban J connectivity index is 2.17. The number of carbonyl (C=O) groups is 1. The molecule has 1 unspecified atom stereocenters. The largest absolute Gasteiger partial charge is 0.390 e. The lowest BCUT2D eigenvalue weighted by atomic mass is 9.90. The second kappa shape index (κ2) is 5.02. The average molecular weight is 258 g/mol. The number of hydrogen-bond acceptors (Lipinski definition) is 3. The molecule has 1 atom stereocenters. The fourth-order valence-electron chi connectivity index (χ4n) is 2.46. The molecule has 0 aromatic heterocycles. The summed E-state index contributed by atoms with van der Waals surface area (Å²) in [6, 6.07) is 8.88. The van der Waals surface area contributed by atoms with Gasteiger partial charge in [-0.05, 0) is 32.4 Å². The third kappa shape index (κ3) is 2.77. The summed E-state index contributed by atoms with van der Waals surface area (Å²) in [7, 11) is 0. The van der Waals surface area contributed by atoms with E-state index in [0.717, 1.165) is 6.42 Å². The molecule has 4 nitrogen and oxygen atoms in total. The van der Waals surface area contributed by atoms with Gasteiger partial charge in [0.15, 0.2) is 0 Å². The van der Waals surface area contributed by atoms with Crippen LogP contribution in [-0.4, -0.2) is 34.6 Å². The standard InChI is InChI=1S/C15H18N2O2/c1-15(2,19)12-7-8-17(10-12)14(18)13-6-4-3-5-11(13)9-16/h3-6,12,19H,7-8,10H2,1-2H3. The van der Waals surface area contributed by atoms with E-state index < -0.39 is 5.60 Å². The Kier molecular flexibility index (Phi) is 3.59. The lowest BCUT2D eigenvalue weighted by Crippen LogP contribution is -2.35. The van der Waals surface area contributed by atoms with Crippen molar-refractivity contribution in [2.24, 2.45) is 5.92 Å². The third-order valence-electron chi connectivity index (χ3n) is 3.75. The zero-order chi connectivity index (χ0) is 14.0. The molecule has 1 amide bonds. The molecule has 0 radical (unpaired) electrons. The van der Waals surface area contributed by atoms with Crippen molar-refractivity contribution < 1.29 is 9.90 Å². The van der Waals surface area contributed by atoms with Crippen LogP contribution in [0.15, 0.2) is 24.3 Å². The Labute approximate surface area is 113 Å². The highest BCUT2D eigenvalue weighted by Gasteiger charge is 2.35. The molecule has 1 heterocycles. The number of rotatable bonds is 2. The van der Waals surface area contributed by atoms with Gasteiger partial charge in [0.1, 0.15) is 0 Å². The second-order valence-electron chi connectivity index (χ2n) is 5.55. The summed E-state index contributed by atoms with van der Waals surface area (Å²) in [6.07, 6.45) is 0.796. The normalized spacial score (nSPS) is 19.3. The van der Waals surface area contributed by atoms with Gasteiger partial charge in [-0.25, -0.2) is 0 Å². The first-order valence-corrected chi connectivity index (χ1v) is 6.44. The number of amides is 1. The monoisotopic (exact) mass is 258 g/mol. The topological polar surface area (TPSA) is 64.3 Å². The van der Waals surface area contributed by atoms with Crippen molar-refractivity contribution in [1.82, 2.24) is 4.90 Å². The summed E-state index contributed by atoms with van der Waals surface area (Å²) >= 11 is 0. The third-order valence-corrected chi connectivity index (χ3v) is 3.75. The number of likely N-dealkylation sites (tertiary alicyclic amines) is 1. The fraction of sp³-hybridized carbons (Fsp3) is 0.467. The van der Waals surface area contributed by atoms with Gasteiger partial charge in [-0.1, -0.05) is 12.1 Å². The Morgan fingerprint density at radius 2 is 2.16 bits per heavy atom. The molecular weight excluding hydrogens is 240 g/mol. The van der Waals surface area contributed by atoms with Gasteiger partial charge < -0.3 is 10.0 Å². The molecule has 19 heavy (non-hydrogen) atoms. The average Bonchev–Trinajstić information content (AvgIpc) is 2.87. The van der Waals surface area contributed by atoms with E-state index in [1.165, 1.54) is 0 Å². The van der Waals surface area contributed by atoms with Gasteiger partial charge in [-0.3, -0.25) is 4.79 Å². The molecule has 0 bridgehead atoms. The van der Waals surface area contributed by atoms with Crippen LogP contribution in [0.1, 0.15) is 36.2 Å². The van der Waals surface area contributed by atoms with E-state index in [2.05, 4.69) is 0 Å². The van der Waals surface area contributed by atoms with Gasteiger partial charge in [-0.2, -0.15) is 5.26 Å². The van der Waals surface area contributed by atoms with Gasteiger partial charge in [0.05, 0.1) is 22.8 Å². The highest BCUT2D eigenvalue weighted by molar-refractivity contribution is 5.96. The molecular formula is C15H18N2O2. The van der Waals surface area contributed by atoms with Crippen molar-refractivity contribution in [3.05, 3.63) is 35.4 Å². The highest BCUT2D eigenvalue weighted by atomic mass is 16.3. The molecule has 4 heteroatoms. The number of nitrogens with zero attached hydrogens (tertiary/aromatic N) is 2. The van der Waals surface area contributed by atoms with E-state index in [9.17, 15) is 9.90 Å². The lowest BCUT2D eigenvalue weighted by Gasteiger charge is -2.25. The lowest BCUT2D eigenvalue weighted by molar-refractivity contribution is 0.0211. The maximum absolute atomic E-state index is 12.4. The Morgan fingerprint density at radius 3 is 2.74 bits per heavy atom. The van der Waals surface area contributed by atoms with Crippen molar-refractivity contribution in [1.29, 1.82) is 5.26 Å². The first-order valence-electron chi connectivity index (χ1n) is 6.44. The maximum atomic E-state index is 12.4. The molecule has 0 aliphatic carbocycles. The molecule has 100 valence electrons. The van der Waals surface area contributed by atoms with Crippen LogP contribution in [0.3, 0.4) is 0 Å². The molecule has 1 aliphatic rings. The van der Waals surface area contributed by atoms with Crippen LogP contribution >= 0.6 is 0 Å². The Bertz CT molecular complexity index is 526. The van der Waals surface area contributed by atoms with E-state index in [-0.39, 0.29) is 11.8 Å². The van der Waals surface area contributed by atoms with Crippen LogP contribution in [0.25, 0.3) is 0 Å². The van der Waals surface area contributed by atoms with E-state index in [1.807, 2.05) is 6.07 Å². The van der Waals surface area contributed by atoms with Crippen molar-refractivity contribution in [2.45, 2.75) is 25.9 Å². The summed E-state index contributed by atoms with van der Waals surface area (Å²) in [5.41, 5.74) is 0.0738. The molecule has 0 saturated carbocycles. The molecule has 1 aromatic carbocycles. The van der Waals surface area contributed by atoms with E-state index in [0.29, 0.717) is 24.2 Å². The molecule has 1 saturated heterocycles. The summed E-state index contributed by atoms with van der Waals surface area (Å²) in [4.78, 5) is 14.1. The summed E-state index contributed by atoms with van der Waals surface area (Å²) < 4.78 is 0. The van der Waals surface area contributed by atoms with Crippen LogP contribution in [0, 0.1) is 17.2 Å². The first-order chi connectivity index (χ1) is 8.93. The zero-order valence-corrected chi connectivity index (χ0v) is 11.3. The molecule has 1 aliphatic heterocycles. The Hall–Kier alpha value is -1.86. The number of aliphatic hydroxyl groups is 1.